The monoisotopic (exact) mass is 424 g/mol. The van der Waals surface area contributed by atoms with E-state index in [0.717, 1.165) is 0 Å². The Morgan fingerprint density at radius 3 is 2.63 bits per heavy atom. The normalized spacial score (nSPS) is 12.9. The molecule has 0 saturated heterocycles. The van der Waals surface area contributed by atoms with E-state index in [9.17, 15) is 13.2 Å². The molecule has 0 aliphatic carbocycles. The minimum Gasteiger partial charge on any atom is -0.382 e. The van der Waals surface area contributed by atoms with E-state index in [-0.39, 0.29) is 35.6 Å². The van der Waals surface area contributed by atoms with Crippen LogP contribution >= 0.6 is 23.2 Å². The van der Waals surface area contributed by atoms with Crippen molar-refractivity contribution in [2.24, 2.45) is 0 Å². The number of aliphatic hydroxyl groups is 1. The molecule has 0 aliphatic heterocycles. The fourth-order valence-electron chi connectivity index (χ4n) is 2.07. The quantitative estimate of drug-likeness (QED) is 0.586. The zero-order valence-electron chi connectivity index (χ0n) is 14.1. The van der Waals surface area contributed by atoms with Gasteiger partial charge in [-0.05, 0) is 6.07 Å². The number of nitrogens with one attached hydrogen (secondary N) is 1. The van der Waals surface area contributed by atoms with Crippen molar-refractivity contribution in [1.82, 2.24) is 20.5 Å². The Hall–Kier alpha value is -1.88. The Kier molecular flexibility index (Phi) is 7.04. The fraction of sp³-hybridized carbons (Fsp3) is 0.400. The van der Waals surface area contributed by atoms with Crippen LogP contribution in [0.5, 0.6) is 0 Å². The number of aromatic nitrogens is 3. The van der Waals surface area contributed by atoms with Gasteiger partial charge in [-0.15, -0.1) is 10.2 Å². The van der Waals surface area contributed by atoms with Gasteiger partial charge < -0.3 is 21.1 Å². The molecule has 0 amide bonds. The summed E-state index contributed by atoms with van der Waals surface area (Å²) in [4.78, 5) is 5.70. The summed E-state index contributed by atoms with van der Waals surface area (Å²) in [5.41, 5.74) is 6.69. The summed E-state index contributed by atoms with van der Waals surface area (Å²) in [5.74, 6) is 0.268. The van der Waals surface area contributed by atoms with E-state index in [4.69, 9.17) is 34.0 Å². The van der Waals surface area contributed by atoms with Gasteiger partial charge in [-0.2, -0.15) is 18.2 Å². The van der Waals surface area contributed by atoms with Crippen LogP contribution in [0.3, 0.4) is 0 Å². The van der Waals surface area contributed by atoms with E-state index in [1.807, 2.05) is 0 Å². The molecule has 1 heterocycles. The van der Waals surface area contributed by atoms with Gasteiger partial charge in [0.1, 0.15) is 5.69 Å². The number of nitrogen functional groups attached to an aromatic ring is 1. The molecule has 2 aromatic rings. The van der Waals surface area contributed by atoms with Gasteiger partial charge in [0.2, 0.25) is 5.95 Å². The van der Waals surface area contributed by atoms with Gasteiger partial charge in [0.05, 0.1) is 10.0 Å². The number of hydrogen-bond donors (Lipinski definition) is 3. The van der Waals surface area contributed by atoms with E-state index in [2.05, 4.69) is 20.5 Å². The summed E-state index contributed by atoms with van der Waals surface area (Å²) in [6, 6.07) is 4.98. The molecule has 12 heteroatoms. The highest BCUT2D eigenvalue weighted by Crippen LogP contribution is 2.34. The van der Waals surface area contributed by atoms with E-state index in [0.29, 0.717) is 10.6 Å². The number of rotatable bonds is 7. The van der Waals surface area contributed by atoms with E-state index in [1.165, 1.54) is 0 Å². The van der Waals surface area contributed by atoms with Gasteiger partial charge in [0, 0.05) is 32.2 Å². The van der Waals surface area contributed by atoms with Crippen molar-refractivity contribution < 1.29 is 18.3 Å². The first kappa shape index (κ1) is 21.4. The predicted octanol–water partition coefficient (Wildman–Crippen LogP) is 2.38. The molecular weight excluding hydrogens is 408 g/mol. The Balaban J connectivity index is 1.99. The lowest BCUT2D eigenvalue weighted by Gasteiger charge is -2.19. The van der Waals surface area contributed by atoms with Crippen molar-refractivity contribution in [1.29, 1.82) is 0 Å². The van der Waals surface area contributed by atoms with Crippen molar-refractivity contribution in [3.63, 3.8) is 0 Å². The molecule has 0 bridgehead atoms. The van der Waals surface area contributed by atoms with Crippen molar-refractivity contribution in [3.8, 4) is 11.3 Å². The predicted molar refractivity (Wildman–Crippen MR) is 97.9 cm³/mol. The van der Waals surface area contributed by atoms with Gasteiger partial charge in [-0.25, -0.2) is 0 Å². The molecule has 27 heavy (non-hydrogen) atoms. The van der Waals surface area contributed by atoms with Crippen LogP contribution in [0, 0.1) is 0 Å². The highest BCUT2D eigenvalue weighted by atomic mass is 35.5. The maximum Gasteiger partial charge on any atom is 0.415 e. The second-order valence-corrected chi connectivity index (χ2v) is 6.42. The number of nitrogens with two attached hydrogens (primary N) is 1. The van der Waals surface area contributed by atoms with Crippen molar-refractivity contribution >= 4 is 35.0 Å². The van der Waals surface area contributed by atoms with Gasteiger partial charge in [-0.1, -0.05) is 35.3 Å². The van der Waals surface area contributed by atoms with E-state index in [1.54, 1.807) is 30.1 Å². The summed E-state index contributed by atoms with van der Waals surface area (Å²) in [7, 11) is 1.63. The summed E-state index contributed by atoms with van der Waals surface area (Å²) in [5, 5.41) is 20.0. The summed E-state index contributed by atoms with van der Waals surface area (Å²) in [6.07, 6.45) is -7.07. The average Bonchev–Trinajstić information content (AvgIpc) is 2.60. The van der Waals surface area contributed by atoms with Crippen molar-refractivity contribution in [3.05, 3.63) is 28.2 Å². The van der Waals surface area contributed by atoms with Crippen molar-refractivity contribution in [2.45, 2.75) is 12.3 Å². The lowest BCUT2D eigenvalue weighted by atomic mass is 10.1. The summed E-state index contributed by atoms with van der Waals surface area (Å²) in [6.45, 7) is -0.178. The molecule has 148 valence electrons. The van der Waals surface area contributed by atoms with Crippen LogP contribution in [-0.4, -0.2) is 59.3 Å². The molecule has 1 atom stereocenters. The summed E-state index contributed by atoms with van der Waals surface area (Å²) < 4.78 is 36.6. The maximum atomic E-state index is 12.2. The number of anilines is 2. The second kappa shape index (κ2) is 8.87. The minimum atomic E-state index is -4.65. The fourth-order valence-corrected chi connectivity index (χ4v) is 2.46. The molecule has 2 rings (SSSR count). The highest BCUT2D eigenvalue weighted by Gasteiger charge is 2.37. The van der Waals surface area contributed by atoms with Crippen LogP contribution in [0.15, 0.2) is 18.2 Å². The smallest absolute Gasteiger partial charge is 0.382 e. The average molecular weight is 425 g/mol. The topological polar surface area (TPSA) is 100 Å². The van der Waals surface area contributed by atoms with Crippen LogP contribution < -0.4 is 16.0 Å². The van der Waals surface area contributed by atoms with Gasteiger partial charge in [0.25, 0.3) is 0 Å². The molecule has 1 unspecified atom stereocenters. The standard InChI is InChI=1S/C15H17Cl2F3N6O/c1-26(6-5-22-7-10(27)15(18,19)20)14-23-13(21)12(24-25-14)8-3-2-4-9(16)11(8)17/h2-4,10,22,27H,5-7H2,1H3,(H2,21,23,25). The Morgan fingerprint density at radius 2 is 2.00 bits per heavy atom. The number of benzene rings is 1. The van der Waals surface area contributed by atoms with Gasteiger partial charge in [-0.3, -0.25) is 0 Å². The third-order valence-corrected chi connectivity index (χ3v) is 4.41. The Labute approximate surface area is 163 Å². The third kappa shape index (κ3) is 5.55. The molecule has 0 aliphatic rings. The SMILES string of the molecule is CN(CCNCC(O)C(F)(F)F)c1nnc(-c2cccc(Cl)c2Cl)c(N)n1. The molecule has 1 aromatic heterocycles. The van der Waals surface area contributed by atoms with Gasteiger partial charge in [0.15, 0.2) is 11.9 Å². The number of aliphatic hydroxyl groups excluding tert-OH is 1. The third-order valence-electron chi connectivity index (χ3n) is 3.59. The first-order valence-electron chi connectivity index (χ1n) is 7.72. The molecule has 0 radical (unpaired) electrons. The molecule has 7 nitrogen and oxygen atoms in total. The largest absolute Gasteiger partial charge is 0.415 e. The number of alkyl halides is 3. The first-order chi connectivity index (χ1) is 12.6. The van der Waals surface area contributed by atoms with Crippen LogP contribution in [-0.2, 0) is 0 Å². The number of nitrogens with zero attached hydrogens (tertiary/aromatic N) is 4. The lowest BCUT2D eigenvalue weighted by molar-refractivity contribution is -0.201. The zero-order chi connectivity index (χ0) is 20.2. The van der Waals surface area contributed by atoms with Crippen LogP contribution in [0.4, 0.5) is 24.9 Å². The molecule has 0 fully saturated rings. The molecule has 0 saturated carbocycles. The minimum absolute atomic E-state index is 0.0801. The number of hydrogen-bond acceptors (Lipinski definition) is 7. The Morgan fingerprint density at radius 1 is 1.30 bits per heavy atom. The Bertz CT molecular complexity index is 793. The maximum absolute atomic E-state index is 12.2. The van der Waals surface area contributed by atoms with E-state index >= 15 is 0 Å². The lowest BCUT2D eigenvalue weighted by Crippen LogP contribution is -2.40. The number of likely N-dealkylation sites (N-methyl/N-ethyl adjacent to an activating group) is 1. The van der Waals surface area contributed by atoms with Crippen LogP contribution in [0.2, 0.25) is 10.0 Å². The first-order valence-corrected chi connectivity index (χ1v) is 8.48. The van der Waals surface area contributed by atoms with E-state index < -0.39 is 18.8 Å². The molecular formula is C15H17Cl2F3N6O. The van der Waals surface area contributed by atoms with Gasteiger partial charge >= 0.3 is 6.18 Å². The molecule has 1 aromatic carbocycles. The van der Waals surface area contributed by atoms with Crippen LogP contribution in [0.25, 0.3) is 11.3 Å². The zero-order valence-corrected chi connectivity index (χ0v) is 15.6. The molecule has 4 N–H and O–H groups in total. The van der Waals surface area contributed by atoms with Crippen LogP contribution in [0.1, 0.15) is 0 Å². The molecule has 0 spiro atoms. The van der Waals surface area contributed by atoms with Crippen molar-refractivity contribution in [2.75, 3.05) is 37.3 Å². The second-order valence-electron chi connectivity index (χ2n) is 5.63. The highest BCUT2D eigenvalue weighted by molar-refractivity contribution is 6.43. The summed E-state index contributed by atoms with van der Waals surface area (Å²) >= 11 is 12.1. The number of halogens is 5.